The van der Waals surface area contributed by atoms with Gasteiger partial charge in [0.25, 0.3) is 0 Å². The third-order valence-electron chi connectivity index (χ3n) is 2.91. The number of carbonyl (C=O) groups excluding carboxylic acids is 1. The highest BCUT2D eigenvalue weighted by atomic mass is 16.5. The maximum Gasteiger partial charge on any atom is 0.153 e. The van der Waals surface area contributed by atoms with Gasteiger partial charge < -0.3 is 9.47 Å². The first-order valence-corrected chi connectivity index (χ1v) is 6.05. The van der Waals surface area contributed by atoms with Gasteiger partial charge in [-0.3, -0.25) is 4.79 Å². The number of aldehydes is 1. The Labute approximate surface area is 112 Å². The number of aryl methyl sites for hydroxylation is 1. The highest BCUT2D eigenvalue weighted by molar-refractivity contribution is 5.80. The quantitative estimate of drug-likeness (QED) is 0.769. The summed E-state index contributed by atoms with van der Waals surface area (Å²) < 4.78 is 10.8. The van der Waals surface area contributed by atoms with Crippen molar-refractivity contribution in [2.24, 2.45) is 0 Å². The van der Waals surface area contributed by atoms with Gasteiger partial charge in [-0.15, -0.1) is 0 Å². The fraction of sp³-hybridized carbons (Fsp3) is 0.188. The number of hydrogen-bond donors (Lipinski definition) is 0. The summed E-state index contributed by atoms with van der Waals surface area (Å²) in [4.78, 5) is 11.0. The lowest BCUT2D eigenvalue weighted by atomic mass is 10.1. The lowest BCUT2D eigenvalue weighted by Crippen LogP contribution is -2.00. The van der Waals surface area contributed by atoms with Gasteiger partial charge in [-0.05, 0) is 36.2 Å². The van der Waals surface area contributed by atoms with Crippen LogP contribution >= 0.6 is 0 Å². The van der Waals surface area contributed by atoms with Crippen molar-refractivity contribution < 1.29 is 14.3 Å². The van der Waals surface area contributed by atoms with E-state index in [4.69, 9.17) is 9.47 Å². The van der Waals surface area contributed by atoms with E-state index in [0.29, 0.717) is 17.9 Å². The molecule has 3 heteroatoms. The lowest BCUT2D eigenvalue weighted by molar-refractivity contribution is 0.111. The third kappa shape index (κ3) is 3.13. The molecule has 0 saturated heterocycles. The number of para-hydroxylation sites is 1. The smallest absolute Gasteiger partial charge is 0.153 e. The first kappa shape index (κ1) is 13.1. The molecule has 0 aliphatic carbocycles. The topological polar surface area (TPSA) is 35.5 Å². The summed E-state index contributed by atoms with van der Waals surface area (Å²) in [6.07, 6.45) is 0.816. The number of hydrogen-bond acceptors (Lipinski definition) is 3. The molecule has 3 nitrogen and oxygen atoms in total. The Morgan fingerprint density at radius 3 is 2.47 bits per heavy atom. The maximum absolute atomic E-state index is 11.0. The Morgan fingerprint density at radius 2 is 1.84 bits per heavy atom. The van der Waals surface area contributed by atoms with Crippen LogP contribution in [0.5, 0.6) is 11.5 Å². The molecule has 2 rings (SSSR count). The Morgan fingerprint density at radius 1 is 1.11 bits per heavy atom. The summed E-state index contributed by atoms with van der Waals surface area (Å²) in [5.74, 6) is 1.46. The molecule has 0 aromatic heterocycles. The summed E-state index contributed by atoms with van der Waals surface area (Å²) in [5, 5.41) is 0. The number of benzene rings is 2. The normalized spacial score (nSPS) is 10.0. The van der Waals surface area contributed by atoms with Crippen molar-refractivity contribution in [3.05, 3.63) is 59.2 Å². The van der Waals surface area contributed by atoms with Crippen molar-refractivity contribution in [2.45, 2.75) is 13.5 Å². The zero-order chi connectivity index (χ0) is 13.7. The molecule has 0 spiro atoms. The maximum atomic E-state index is 11.0. The lowest BCUT2D eigenvalue weighted by Gasteiger charge is -2.11. The van der Waals surface area contributed by atoms with Crippen molar-refractivity contribution in [1.82, 2.24) is 0 Å². The van der Waals surface area contributed by atoms with E-state index in [0.717, 1.165) is 23.2 Å². The van der Waals surface area contributed by atoms with Gasteiger partial charge in [0.2, 0.25) is 0 Å². The van der Waals surface area contributed by atoms with E-state index < -0.39 is 0 Å². The molecule has 0 fully saturated rings. The van der Waals surface area contributed by atoms with Gasteiger partial charge in [-0.2, -0.15) is 0 Å². The molecule has 0 saturated carbocycles. The highest BCUT2D eigenvalue weighted by Crippen LogP contribution is 2.23. The van der Waals surface area contributed by atoms with E-state index in [1.165, 1.54) is 0 Å². The van der Waals surface area contributed by atoms with Crippen molar-refractivity contribution in [3.63, 3.8) is 0 Å². The molecule has 2 aromatic carbocycles. The van der Waals surface area contributed by atoms with E-state index in [-0.39, 0.29) is 0 Å². The van der Waals surface area contributed by atoms with Gasteiger partial charge in [0, 0.05) is 0 Å². The predicted octanol–water partition coefficient (Wildman–Crippen LogP) is 3.40. The second-order valence-corrected chi connectivity index (χ2v) is 4.25. The van der Waals surface area contributed by atoms with E-state index in [9.17, 15) is 4.79 Å². The molecule has 0 unspecified atom stereocenters. The van der Waals surface area contributed by atoms with Crippen molar-refractivity contribution in [1.29, 1.82) is 0 Å². The van der Waals surface area contributed by atoms with Gasteiger partial charge in [0.1, 0.15) is 18.1 Å². The van der Waals surface area contributed by atoms with E-state index >= 15 is 0 Å². The Hall–Kier alpha value is -2.29. The molecule has 0 aliphatic heterocycles. The molecule has 0 amide bonds. The van der Waals surface area contributed by atoms with Gasteiger partial charge in [0.05, 0.1) is 12.7 Å². The van der Waals surface area contributed by atoms with Crippen LogP contribution in [0.1, 0.15) is 21.5 Å². The predicted molar refractivity (Wildman–Crippen MR) is 73.9 cm³/mol. The van der Waals surface area contributed by atoms with Crippen molar-refractivity contribution >= 4 is 6.29 Å². The Kier molecular flexibility index (Phi) is 4.18. The van der Waals surface area contributed by atoms with Crippen LogP contribution in [-0.2, 0) is 6.61 Å². The number of methoxy groups -OCH3 is 1. The fourth-order valence-corrected chi connectivity index (χ4v) is 1.84. The molecule has 0 atom stereocenters. The van der Waals surface area contributed by atoms with Crippen LogP contribution in [-0.4, -0.2) is 13.4 Å². The second kappa shape index (κ2) is 6.05. The van der Waals surface area contributed by atoms with E-state index in [1.807, 2.05) is 43.3 Å². The Balaban J connectivity index is 2.11. The molecule has 98 valence electrons. The van der Waals surface area contributed by atoms with E-state index in [2.05, 4.69) is 0 Å². The van der Waals surface area contributed by atoms with Gasteiger partial charge in [-0.25, -0.2) is 0 Å². The number of carbonyl (C=O) groups is 1. The van der Waals surface area contributed by atoms with Gasteiger partial charge in [0.15, 0.2) is 6.29 Å². The molecule has 0 N–H and O–H groups in total. The van der Waals surface area contributed by atoms with Crippen LogP contribution in [0.15, 0.2) is 42.5 Å². The summed E-state index contributed by atoms with van der Waals surface area (Å²) in [6.45, 7) is 2.35. The van der Waals surface area contributed by atoms with Crippen LogP contribution in [0.2, 0.25) is 0 Å². The van der Waals surface area contributed by atoms with Gasteiger partial charge in [-0.1, -0.05) is 24.3 Å². The third-order valence-corrected chi connectivity index (χ3v) is 2.91. The molecule has 2 aromatic rings. The largest absolute Gasteiger partial charge is 0.497 e. The van der Waals surface area contributed by atoms with Gasteiger partial charge >= 0.3 is 0 Å². The fourth-order valence-electron chi connectivity index (χ4n) is 1.84. The van der Waals surface area contributed by atoms with Crippen LogP contribution in [0.25, 0.3) is 0 Å². The minimum absolute atomic E-state index is 0.426. The average molecular weight is 256 g/mol. The summed E-state index contributed by atoms with van der Waals surface area (Å²) in [5.41, 5.74) is 2.56. The van der Waals surface area contributed by atoms with Crippen LogP contribution < -0.4 is 9.47 Å². The number of rotatable bonds is 5. The minimum atomic E-state index is 0.426. The first-order chi connectivity index (χ1) is 9.24. The number of ether oxygens (including phenoxy) is 2. The van der Waals surface area contributed by atoms with E-state index in [1.54, 1.807) is 13.2 Å². The van der Waals surface area contributed by atoms with Crippen LogP contribution in [0.3, 0.4) is 0 Å². The monoisotopic (exact) mass is 256 g/mol. The standard InChI is InChI=1S/C16H16O3/c1-12-4-3-5-14(10-17)16(12)19-11-13-6-8-15(18-2)9-7-13/h3-10H,11H2,1-2H3. The zero-order valence-electron chi connectivity index (χ0n) is 11.1. The average Bonchev–Trinajstić information content (AvgIpc) is 2.46. The first-order valence-electron chi connectivity index (χ1n) is 6.05. The zero-order valence-corrected chi connectivity index (χ0v) is 11.1. The summed E-state index contributed by atoms with van der Waals surface area (Å²) in [7, 11) is 1.63. The molecule has 19 heavy (non-hydrogen) atoms. The van der Waals surface area contributed by atoms with Crippen molar-refractivity contribution in [2.75, 3.05) is 7.11 Å². The SMILES string of the molecule is COc1ccc(COc2c(C)cccc2C=O)cc1. The second-order valence-electron chi connectivity index (χ2n) is 4.25. The Bertz CT molecular complexity index is 559. The molecule has 0 radical (unpaired) electrons. The molecule has 0 aliphatic rings. The summed E-state index contributed by atoms with van der Waals surface area (Å²) >= 11 is 0. The molecule has 0 bridgehead atoms. The van der Waals surface area contributed by atoms with Crippen LogP contribution in [0.4, 0.5) is 0 Å². The van der Waals surface area contributed by atoms with Crippen molar-refractivity contribution in [3.8, 4) is 11.5 Å². The highest BCUT2D eigenvalue weighted by Gasteiger charge is 2.06. The molecule has 0 heterocycles. The van der Waals surface area contributed by atoms with Crippen LogP contribution in [0, 0.1) is 6.92 Å². The molecular formula is C16H16O3. The summed E-state index contributed by atoms with van der Waals surface area (Å²) in [6, 6.07) is 13.2. The molecular weight excluding hydrogens is 240 g/mol. The minimum Gasteiger partial charge on any atom is -0.497 e.